The summed E-state index contributed by atoms with van der Waals surface area (Å²) in [5, 5.41) is 13.2. The second-order valence-electron chi connectivity index (χ2n) is 8.19. The fourth-order valence-electron chi connectivity index (χ4n) is 5.00. The zero-order chi connectivity index (χ0) is 21.3. The van der Waals surface area contributed by atoms with Crippen LogP contribution in [0.3, 0.4) is 0 Å². The lowest BCUT2D eigenvalue weighted by molar-refractivity contribution is 0.161. The first-order valence-corrected chi connectivity index (χ1v) is 10.8. The number of nitrogens with zero attached hydrogens (tertiary/aromatic N) is 2. The monoisotopic (exact) mass is 409 g/mol. The number of rotatable bonds is 5. The second kappa shape index (κ2) is 8.56. The Bertz CT molecular complexity index is 916. The molecule has 1 fully saturated rings. The van der Waals surface area contributed by atoms with Gasteiger partial charge >= 0.3 is 6.03 Å². The Labute approximate surface area is 178 Å². The number of carbonyl (C=O) groups is 1. The molecule has 0 aromatic heterocycles. The first-order chi connectivity index (χ1) is 14.6. The van der Waals surface area contributed by atoms with Crippen LogP contribution in [0.2, 0.25) is 0 Å². The number of methoxy groups -OCH3 is 1. The number of aliphatic hydroxyl groups excluding tert-OH is 1. The number of likely N-dealkylation sites (N-methyl/N-ethyl adjacent to an activating group) is 1. The fraction of sp³-hybridized carbons (Fsp3) is 0.458. The van der Waals surface area contributed by atoms with E-state index >= 15 is 0 Å². The maximum absolute atomic E-state index is 12.9. The molecule has 6 nitrogen and oxygen atoms in total. The van der Waals surface area contributed by atoms with Crippen LogP contribution in [0.5, 0.6) is 5.75 Å². The number of hydrogen-bond acceptors (Lipinski definition) is 4. The predicted octanol–water partition coefficient (Wildman–Crippen LogP) is 3.66. The lowest BCUT2D eigenvalue weighted by Gasteiger charge is -2.44. The molecule has 30 heavy (non-hydrogen) atoms. The van der Waals surface area contributed by atoms with Crippen LogP contribution in [0.25, 0.3) is 11.1 Å². The molecule has 0 saturated carbocycles. The summed E-state index contributed by atoms with van der Waals surface area (Å²) < 4.78 is 5.39. The van der Waals surface area contributed by atoms with Crippen LogP contribution < -0.4 is 15.0 Å². The van der Waals surface area contributed by atoms with Crippen LogP contribution in [0, 0.1) is 5.92 Å². The molecule has 2 heterocycles. The van der Waals surface area contributed by atoms with E-state index in [-0.39, 0.29) is 30.6 Å². The molecule has 0 radical (unpaired) electrons. The average molecular weight is 410 g/mol. The van der Waals surface area contributed by atoms with Crippen molar-refractivity contribution in [2.45, 2.75) is 31.8 Å². The van der Waals surface area contributed by atoms with Gasteiger partial charge in [-0.05, 0) is 53.8 Å². The van der Waals surface area contributed by atoms with E-state index in [1.807, 2.05) is 30.1 Å². The van der Waals surface area contributed by atoms with Crippen LogP contribution in [0.4, 0.5) is 10.5 Å². The normalized spacial score (nSPS) is 22.5. The van der Waals surface area contributed by atoms with Gasteiger partial charge in [0, 0.05) is 31.7 Å². The molecule has 160 valence electrons. The number of hydrogen-bond donors (Lipinski definition) is 2. The second-order valence-corrected chi connectivity index (χ2v) is 8.19. The number of benzene rings is 2. The summed E-state index contributed by atoms with van der Waals surface area (Å²) in [5.74, 6) is 1.03. The third kappa shape index (κ3) is 3.49. The smallest absolute Gasteiger partial charge is 0.317 e. The number of fused-ring (bicyclic) bond motifs is 3. The molecule has 2 aromatic rings. The van der Waals surface area contributed by atoms with Crippen molar-refractivity contribution in [2.75, 3.05) is 38.8 Å². The lowest BCUT2D eigenvalue weighted by atomic mass is 9.81. The van der Waals surface area contributed by atoms with Crippen LogP contribution in [0.15, 0.2) is 42.5 Å². The maximum Gasteiger partial charge on any atom is 0.317 e. The number of urea groups is 1. The highest BCUT2D eigenvalue weighted by Crippen LogP contribution is 2.49. The summed E-state index contributed by atoms with van der Waals surface area (Å²) in [4.78, 5) is 17.0. The Morgan fingerprint density at radius 1 is 1.23 bits per heavy atom. The molecular formula is C24H31N3O3. The maximum atomic E-state index is 12.9. The number of anilines is 1. The summed E-state index contributed by atoms with van der Waals surface area (Å²) >= 11 is 0. The Balaban J connectivity index is 1.77. The van der Waals surface area contributed by atoms with Gasteiger partial charge in [0.05, 0.1) is 25.8 Å². The molecule has 0 unspecified atom stereocenters. The first kappa shape index (κ1) is 20.5. The summed E-state index contributed by atoms with van der Waals surface area (Å²) in [7, 11) is 3.72. The van der Waals surface area contributed by atoms with E-state index in [0.717, 1.165) is 41.0 Å². The molecule has 2 aromatic carbocycles. The van der Waals surface area contributed by atoms with E-state index in [2.05, 4.69) is 41.4 Å². The van der Waals surface area contributed by atoms with Crippen molar-refractivity contribution >= 4 is 11.7 Å². The number of amides is 2. The zero-order valence-corrected chi connectivity index (χ0v) is 18.0. The predicted molar refractivity (Wildman–Crippen MR) is 119 cm³/mol. The third-order valence-electron chi connectivity index (χ3n) is 6.54. The minimum absolute atomic E-state index is 0.00847. The van der Waals surface area contributed by atoms with Crippen LogP contribution in [-0.2, 0) is 0 Å². The van der Waals surface area contributed by atoms with Crippen molar-refractivity contribution in [3.8, 4) is 16.9 Å². The van der Waals surface area contributed by atoms with Gasteiger partial charge in [-0.2, -0.15) is 0 Å². The number of nitrogens with one attached hydrogen (secondary N) is 1. The number of likely N-dealkylation sites (tertiary alicyclic amines) is 1. The molecule has 0 aliphatic carbocycles. The van der Waals surface area contributed by atoms with Gasteiger partial charge in [-0.25, -0.2) is 4.79 Å². The van der Waals surface area contributed by atoms with Gasteiger partial charge in [0.15, 0.2) is 0 Å². The Hall–Kier alpha value is -2.73. The zero-order valence-electron chi connectivity index (χ0n) is 18.0. The van der Waals surface area contributed by atoms with Crippen molar-refractivity contribution in [2.24, 2.45) is 5.92 Å². The highest BCUT2D eigenvalue weighted by Gasteiger charge is 2.47. The SMILES string of the molecule is CCCNC(=O)N1CC[C@H]2[C@@H]1c1cc(-c3cccc(OC)c3)ccc1N(C)[C@H]2CO. The van der Waals surface area contributed by atoms with Gasteiger partial charge in [0.25, 0.3) is 0 Å². The highest BCUT2D eigenvalue weighted by molar-refractivity contribution is 5.77. The largest absolute Gasteiger partial charge is 0.497 e. The van der Waals surface area contributed by atoms with E-state index in [1.54, 1.807) is 7.11 Å². The number of ether oxygens (including phenoxy) is 1. The van der Waals surface area contributed by atoms with Crippen molar-refractivity contribution in [1.29, 1.82) is 0 Å². The molecule has 2 aliphatic heterocycles. The van der Waals surface area contributed by atoms with Crippen molar-refractivity contribution < 1.29 is 14.6 Å². The summed E-state index contributed by atoms with van der Waals surface area (Å²) in [6.07, 6.45) is 1.80. The molecule has 0 spiro atoms. The highest BCUT2D eigenvalue weighted by atomic mass is 16.5. The minimum Gasteiger partial charge on any atom is -0.497 e. The lowest BCUT2D eigenvalue weighted by Crippen LogP contribution is -2.49. The van der Waals surface area contributed by atoms with Crippen LogP contribution in [0.1, 0.15) is 31.4 Å². The van der Waals surface area contributed by atoms with E-state index in [4.69, 9.17) is 4.74 Å². The van der Waals surface area contributed by atoms with Crippen LogP contribution in [-0.4, -0.2) is 55.9 Å². The van der Waals surface area contributed by atoms with Gasteiger partial charge in [-0.1, -0.05) is 25.1 Å². The van der Waals surface area contributed by atoms with Crippen molar-refractivity contribution in [3.05, 3.63) is 48.0 Å². The molecule has 4 rings (SSSR count). The van der Waals surface area contributed by atoms with Gasteiger partial charge in [0.2, 0.25) is 0 Å². The molecule has 2 N–H and O–H groups in total. The molecular weight excluding hydrogens is 378 g/mol. The molecule has 0 bridgehead atoms. The van der Waals surface area contributed by atoms with Crippen LogP contribution >= 0.6 is 0 Å². The number of carbonyl (C=O) groups excluding carboxylic acids is 1. The topological polar surface area (TPSA) is 65.0 Å². The number of aliphatic hydroxyl groups is 1. The van der Waals surface area contributed by atoms with Crippen molar-refractivity contribution in [3.63, 3.8) is 0 Å². The van der Waals surface area contributed by atoms with Gasteiger partial charge in [0.1, 0.15) is 5.75 Å². The summed E-state index contributed by atoms with van der Waals surface area (Å²) in [6, 6.07) is 14.4. The van der Waals surface area contributed by atoms with E-state index in [1.165, 1.54) is 0 Å². The Kier molecular flexibility index (Phi) is 5.86. The molecule has 3 atom stereocenters. The molecule has 1 saturated heterocycles. The molecule has 6 heteroatoms. The first-order valence-electron chi connectivity index (χ1n) is 10.8. The van der Waals surface area contributed by atoms with Crippen molar-refractivity contribution in [1.82, 2.24) is 10.2 Å². The van der Waals surface area contributed by atoms with Gasteiger partial charge in [-0.3, -0.25) is 0 Å². The fourth-order valence-corrected chi connectivity index (χ4v) is 5.00. The van der Waals surface area contributed by atoms with Gasteiger partial charge in [-0.15, -0.1) is 0 Å². The van der Waals surface area contributed by atoms with Gasteiger partial charge < -0.3 is 25.0 Å². The summed E-state index contributed by atoms with van der Waals surface area (Å²) in [6.45, 7) is 3.52. The molecule has 2 aliphatic rings. The minimum atomic E-state index is -0.0317. The Morgan fingerprint density at radius 2 is 2.03 bits per heavy atom. The summed E-state index contributed by atoms with van der Waals surface area (Å²) in [5.41, 5.74) is 4.41. The van der Waals surface area contributed by atoms with E-state index < -0.39 is 0 Å². The Morgan fingerprint density at radius 3 is 2.77 bits per heavy atom. The standard InChI is InChI=1S/C24H31N3O3/c1-4-11-25-24(29)27-12-10-19-22(15-28)26(2)21-9-8-17(14-20(21)23(19)27)16-6-5-7-18(13-16)30-3/h5-9,13-14,19,22-23,28H,4,10-12,15H2,1-3H3,(H,25,29)/t19-,22+,23-/m1/s1. The average Bonchev–Trinajstić information content (AvgIpc) is 3.22. The van der Waals surface area contributed by atoms with E-state index in [9.17, 15) is 9.90 Å². The van der Waals surface area contributed by atoms with E-state index in [0.29, 0.717) is 13.1 Å². The third-order valence-corrected chi connectivity index (χ3v) is 6.54. The molecule has 2 amide bonds. The quantitative estimate of drug-likeness (QED) is 0.791.